The van der Waals surface area contributed by atoms with E-state index < -0.39 is 5.95 Å². The molecular weight excluding hydrogens is 407 g/mol. The van der Waals surface area contributed by atoms with Crippen LogP contribution in [0.3, 0.4) is 0 Å². The van der Waals surface area contributed by atoms with Crippen LogP contribution < -0.4 is 11.1 Å². The van der Waals surface area contributed by atoms with Crippen LogP contribution >= 0.6 is 0 Å². The third-order valence-electron chi connectivity index (χ3n) is 6.31. The van der Waals surface area contributed by atoms with Crippen LogP contribution in [-0.4, -0.2) is 42.4 Å². The molecule has 0 amide bonds. The van der Waals surface area contributed by atoms with Crippen LogP contribution in [0.1, 0.15) is 29.9 Å². The number of nitrogen functional groups attached to an aromatic ring is 1. The SMILES string of the molecule is Nc1ncc(-c2ccc(C3CCOCC3)c(CNC3COC3)c2)cc1-c1ccnc(F)c1. The van der Waals surface area contributed by atoms with E-state index in [0.717, 1.165) is 56.9 Å². The molecule has 7 heteroatoms. The summed E-state index contributed by atoms with van der Waals surface area (Å²) in [6, 6.07) is 12.1. The number of nitrogens with one attached hydrogen (secondary N) is 1. The highest BCUT2D eigenvalue weighted by Gasteiger charge is 2.22. The summed E-state index contributed by atoms with van der Waals surface area (Å²) in [5, 5.41) is 3.61. The first-order valence-electron chi connectivity index (χ1n) is 11.1. The second-order valence-electron chi connectivity index (χ2n) is 8.44. The molecule has 3 aromatic rings. The highest BCUT2D eigenvalue weighted by molar-refractivity contribution is 5.79. The van der Waals surface area contributed by atoms with Crippen molar-refractivity contribution in [3.8, 4) is 22.3 Å². The molecule has 5 rings (SSSR count). The normalized spacial score (nSPS) is 17.3. The number of nitrogens with zero attached hydrogens (tertiary/aromatic N) is 2. The molecule has 0 unspecified atom stereocenters. The Hall–Kier alpha value is -2.87. The van der Waals surface area contributed by atoms with E-state index in [0.29, 0.717) is 28.9 Å². The number of hydrogen-bond acceptors (Lipinski definition) is 6. The maximum Gasteiger partial charge on any atom is 0.213 e. The molecular formula is C25H27FN4O2. The third-order valence-corrected chi connectivity index (χ3v) is 6.31. The molecule has 1 aromatic carbocycles. The first kappa shape index (κ1) is 21.0. The second-order valence-corrected chi connectivity index (χ2v) is 8.44. The predicted octanol–water partition coefficient (Wildman–Crippen LogP) is 3.91. The zero-order valence-electron chi connectivity index (χ0n) is 17.9. The summed E-state index contributed by atoms with van der Waals surface area (Å²) in [6.45, 7) is 3.94. The molecule has 6 nitrogen and oxygen atoms in total. The van der Waals surface area contributed by atoms with Gasteiger partial charge < -0.3 is 20.5 Å². The van der Waals surface area contributed by atoms with Crippen molar-refractivity contribution in [2.45, 2.75) is 31.3 Å². The molecule has 0 atom stereocenters. The van der Waals surface area contributed by atoms with Crippen LogP contribution in [0.4, 0.5) is 10.2 Å². The molecule has 166 valence electrons. The van der Waals surface area contributed by atoms with Gasteiger partial charge in [-0.25, -0.2) is 9.97 Å². The van der Waals surface area contributed by atoms with Crippen molar-refractivity contribution in [1.82, 2.24) is 15.3 Å². The molecule has 4 heterocycles. The van der Waals surface area contributed by atoms with Gasteiger partial charge in [-0.15, -0.1) is 0 Å². The van der Waals surface area contributed by atoms with Crippen LogP contribution in [0.15, 0.2) is 48.8 Å². The lowest BCUT2D eigenvalue weighted by Gasteiger charge is -2.29. The van der Waals surface area contributed by atoms with Gasteiger partial charge in [-0.2, -0.15) is 4.39 Å². The Kier molecular flexibility index (Phi) is 6.12. The summed E-state index contributed by atoms with van der Waals surface area (Å²) in [7, 11) is 0. The van der Waals surface area contributed by atoms with Gasteiger partial charge in [0.1, 0.15) is 5.82 Å². The Balaban J connectivity index is 1.49. The van der Waals surface area contributed by atoms with Crippen molar-refractivity contribution in [1.29, 1.82) is 0 Å². The Morgan fingerprint density at radius 2 is 1.81 bits per heavy atom. The Morgan fingerprint density at radius 1 is 0.969 bits per heavy atom. The minimum absolute atomic E-state index is 0.366. The third kappa shape index (κ3) is 4.50. The predicted molar refractivity (Wildman–Crippen MR) is 122 cm³/mol. The lowest BCUT2D eigenvalue weighted by molar-refractivity contribution is -0.00584. The highest BCUT2D eigenvalue weighted by atomic mass is 19.1. The van der Waals surface area contributed by atoms with Crippen molar-refractivity contribution in [3.63, 3.8) is 0 Å². The summed E-state index contributed by atoms with van der Waals surface area (Å²) in [5.41, 5.74) is 12.1. The Labute approximate surface area is 187 Å². The van der Waals surface area contributed by atoms with Crippen molar-refractivity contribution in [2.75, 3.05) is 32.2 Å². The Morgan fingerprint density at radius 3 is 2.56 bits per heavy atom. The van der Waals surface area contributed by atoms with E-state index in [4.69, 9.17) is 15.2 Å². The van der Waals surface area contributed by atoms with Crippen LogP contribution in [0.2, 0.25) is 0 Å². The molecule has 3 N–H and O–H groups in total. The number of anilines is 1. The van der Waals surface area contributed by atoms with Gasteiger partial charge >= 0.3 is 0 Å². The summed E-state index contributed by atoms with van der Waals surface area (Å²) in [5.74, 6) is 0.332. The zero-order valence-corrected chi connectivity index (χ0v) is 17.9. The molecule has 2 fully saturated rings. The summed E-state index contributed by atoms with van der Waals surface area (Å²) in [4.78, 5) is 8.02. The van der Waals surface area contributed by atoms with Crippen LogP contribution in [-0.2, 0) is 16.0 Å². The van der Waals surface area contributed by atoms with E-state index in [2.05, 4.69) is 33.5 Å². The van der Waals surface area contributed by atoms with Gasteiger partial charge in [-0.1, -0.05) is 12.1 Å². The maximum absolute atomic E-state index is 13.7. The van der Waals surface area contributed by atoms with E-state index in [1.807, 2.05) is 6.07 Å². The van der Waals surface area contributed by atoms with Crippen molar-refractivity contribution in [2.24, 2.45) is 0 Å². The van der Waals surface area contributed by atoms with Gasteiger partial charge in [-0.3, -0.25) is 0 Å². The van der Waals surface area contributed by atoms with Gasteiger partial charge in [0, 0.05) is 49.3 Å². The first-order valence-corrected chi connectivity index (χ1v) is 11.1. The highest BCUT2D eigenvalue weighted by Crippen LogP contribution is 2.34. The van der Waals surface area contributed by atoms with Crippen molar-refractivity contribution >= 4 is 5.82 Å². The van der Waals surface area contributed by atoms with Crippen molar-refractivity contribution in [3.05, 3.63) is 65.9 Å². The number of aromatic nitrogens is 2. The van der Waals surface area contributed by atoms with Crippen LogP contribution in [0.5, 0.6) is 0 Å². The minimum Gasteiger partial charge on any atom is -0.383 e. The van der Waals surface area contributed by atoms with E-state index in [9.17, 15) is 4.39 Å². The lowest BCUT2D eigenvalue weighted by atomic mass is 9.86. The standard InChI is InChI=1S/C25H27FN4O2/c26-24-11-18(3-6-28-24)23-10-19(12-30-25(23)27)17-1-2-22(16-4-7-31-8-5-16)20(9-17)13-29-21-14-32-15-21/h1-3,6,9-12,16,21,29H,4-5,7-8,13-15H2,(H2,27,30). The fourth-order valence-corrected chi connectivity index (χ4v) is 4.39. The molecule has 32 heavy (non-hydrogen) atoms. The monoisotopic (exact) mass is 434 g/mol. The molecule has 0 aliphatic carbocycles. The average Bonchev–Trinajstić information content (AvgIpc) is 2.79. The zero-order chi connectivity index (χ0) is 21.9. The number of ether oxygens (including phenoxy) is 2. The molecule has 0 bridgehead atoms. The van der Waals surface area contributed by atoms with E-state index in [1.165, 1.54) is 23.4 Å². The first-order chi connectivity index (χ1) is 15.7. The van der Waals surface area contributed by atoms with Crippen LogP contribution in [0.25, 0.3) is 22.3 Å². The number of pyridine rings is 2. The van der Waals surface area contributed by atoms with E-state index in [1.54, 1.807) is 12.3 Å². The summed E-state index contributed by atoms with van der Waals surface area (Å²) < 4.78 is 24.5. The molecule has 2 aromatic heterocycles. The van der Waals surface area contributed by atoms with Crippen LogP contribution in [0, 0.1) is 5.95 Å². The average molecular weight is 435 g/mol. The van der Waals surface area contributed by atoms with Gasteiger partial charge in [0.15, 0.2) is 0 Å². The maximum atomic E-state index is 13.7. The number of rotatable bonds is 6. The van der Waals surface area contributed by atoms with Gasteiger partial charge in [0.25, 0.3) is 0 Å². The topological polar surface area (TPSA) is 82.3 Å². The molecule has 2 aliphatic heterocycles. The smallest absolute Gasteiger partial charge is 0.213 e. The number of halogens is 1. The fraction of sp³-hybridized carbons (Fsp3) is 0.360. The van der Waals surface area contributed by atoms with Gasteiger partial charge in [0.05, 0.1) is 19.3 Å². The number of nitrogens with two attached hydrogens (primary N) is 1. The van der Waals surface area contributed by atoms with E-state index >= 15 is 0 Å². The quantitative estimate of drug-likeness (QED) is 0.573. The largest absolute Gasteiger partial charge is 0.383 e. The fourth-order valence-electron chi connectivity index (χ4n) is 4.39. The molecule has 2 saturated heterocycles. The summed E-state index contributed by atoms with van der Waals surface area (Å²) >= 11 is 0. The molecule has 2 aliphatic rings. The second kappa shape index (κ2) is 9.32. The molecule has 0 radical (unpaired) electrons. The van der Waals surface area contributed by atoms with Gasteiger partial charge in [-0.05, 0) is 59.2 Å². The van der Waals surface area contributed by atoms with E-state index in [-0.39, 0.29) is 0 Å². The minimum atomic E-state index is -0.540. The Bertz CT molecular complexity index is 1100. The van der Waals surface area contributed by atoms with Gasteiger partial charge in [0.2, 0.25) is 5.95 Å². The molecule has 0 spiro atoms. The number of benzene rings is 1. The summed E-state index contributed by atoms with van der Waals surface area (Å²) in [6.07, 6.45) is 5.30. The number of hydrogen-bond donors (Lipinski definition) is 2. The lowest BCUT2D eigenvalue weighted by Crippen LogP contribution is -2.45. The van der Waals surface area contributed by atoms with Crippen molar-refractivity contribution < 1.29 is 13.9 Å². The molecule has 0 saturated carbocycles.